The highest BCUT2D eigenvalue weighted by Crippen LogP contribution is 2.21. The van der Waals surface area contributed by atoms with Crippen LogP contribution in [-0.2, 0) is 20.8 Å². The Balaban J connectivity index is 1.60. The van der Waals surface area contributed by atoms with Gasteiger partial charge in [0.25, 0.3) is 5.69 Å². The normalized spacial score (nSPS) is 16.1. The van der Waals surface area contributed by atoms with Gasteiger partial charge < -0.3 is 14.0 Å². The Morgan fingerprint density at radius 3 is 2.80 bits per heavy atom. The van der Waals surface area contributed by atoms with Crippen LogP contribution in [0, 0.1) is 24.0 Å². The fraction of sp³-hybridized carbons (Fsp3) is 0.364. The summed E-state index contributed by atoms with van der Waals surface area (Å²) in [5, 5.41) is 11.0. The highest BCUT2D eigenvalue weighted by atomic mass is 16.6. The number of rotatable bonds is 8. The zero-order chi connectivity index (χ0) is 21.7. The zero-order valence-electron chi connectivity index (χ0n) is 17.0. The summed E-state index contributed by atoms with van der Waals surface area (Å²) < 4.78 is 12.8. The number of aryl methyl sites for hydroxylation is 1. The van der Waals surface area contributed by atoms with E-state index < -0.39 is 17.5 Å². The molecule has 0 N–H and O–H groups in total. The Bertz CT molecular complexity index is 986. The summed E-state index contributed by atoms with van der Waals surface area (Å²) in [5.74, 6) is -1.04. The number of para-hydroxylation sites is 1. The monoisotopic (exact) mass is 412 g/mol. The predicted octanol–water partition coefficient (Wildman–Crippen LogP) is 3.63. The second-order valence-electron chi connectivity index (χ2n) is 7.21. The van der Waals surface area contributed by atoms with Crippen LogP contribution in [0.2, 0.25) is 0 Å². The van der Waals surface area contributed by atoms with Crippen LogP contribution in [0.25, 0.3) is 6.08 Å². The van der Waals surface area contributed by atoms with Gasteiger partial charge in [-0.1, -0.05) is 12.1 Å². The van der Waals surface area contributed by atoms with Crippen molar-refractivity contribution in [3.8, 4) is 0 Å². The van der Waals surface area contributed by atoms with Gasteiger partial charge in [-0.3, -0.25) is 14.9 Å². The van der Waals surface area contributed by atoms with Crippen LogP contribution in [0.1, 0.15) is 40.2 Å². The Morgan fingerprint density at radius 2 is 2.10 bits per heavy atom. The third kappa shape index (κ3) is 5.01. The van der Waals surface area contributed by atoms with Gasteiger partial charge >= 0.3 is 5.97 Å². The third-order valence-corrected chi connectivity index (χ3v) is 5.16. The minimum absolute atomic E-state index is 0.115. The Morgan fingerprint density at radius 1 is 1.33 bits per heavy atom. The fourth-order valence-corrected chi connectivity index (χ4v) is 3.57. The van der Waals surface area contributed by atoms with Gasteiger partial charge in [0.15, 0.2) is 6.61 Å². The first-order valence-corrected chi connectivity index (χ1v) is 9.76. The van der Waals surface area contributed by atoms with Crippen LogP contribution in [-0.4, -0.2) is 40.6 Å². The number of hydrogen-bond donors (Lipinski definition) is 0. The number of ketones is 1. The molecule has 0 radical (unpaired) electrons. The second kappa shape index (κ2) is 9.49. The van der Waals surface area contributed by atoms with Crippen LogP contribution < -0.4 is 0 Å². The SMILES string of the molecule is Cc1cc(C(=O)COC(=O)C=Cc2ccccc2[N+](=O)[O-])c(C)n1CC1CCCO1. The molecule has 3 rings (SSSR count). The Kier molecular flexibility index (Phi) is 6.79. The van der Waals surface area contributed by atoms with E-state index in [0.717, 1.165) is 36.9 Å². The molecular formula is C22H24N2O6. The molecule has 1 aromatic heterocycles. The van der Waals surface area contributed by atoms with E-state index >= 15 is 0 Å². The van der Waals surface area contributed by atoms with E-state index in [2.05, 4.69) is 4.57 Å². The fourth-order valence-electron chi connectivity index (χ4n) is 3.57. The number of hydrogen-bond acceptors (Lipinski definition) is 6. The first kappa shape index (κ1) is 21.4. The molecule has 8 nitrogen and oxygen atoms in total. The van der Waals surface area contributed by atoms with Gasteiger partial charge in [-0.2, -0.15) is 0 Å². The Hall–Kier alpha value is -3.26. The van der Waals surface area contributed by atoms with Crippen molar-refractivity contribution in [2.45, 2.75) is 39.3 Å². The van der Waals surface area contributed by atoms with Gasteiger partial charge in [-0.25, -0.2) is 4.79 Å². The molecule has 2 heterocycles. The predicted molar refractivity (Wildman–Crippen MR) is 110 cm³/mol. The lowest BCUT2D eigenvalue weighted by Gasteiger charge is -2.14. The lowest BCUT2D eigenvalue weighted by atomic mass is 10.1. The van der Waals surface area contributed by atoms with Crippen molar-refractivity contribution < 1.29 is 24.0 Å². The van der Waals surface area contributed by atoms with E-state index in [1.807, 2.05) is 13.8 Å². The van der Waals surface area contributed by atoms with Crippen LogP contribution in [0.5, 0.6) is 0 Å². The highest BCUT2D eigenvalue weighted by Gasteiger charge is 2.21. The van der Waals surface area contributed by atoms with Crippen molar-refractivity contribution in [3.05, 3.63) is 69.0 Å². The van der Waals surface area contributed by atoms with E-state index in [9.17, 15) is 19.7 Å². The maximum Gasteiger partial charge on any atom is 0.331 e. The number of nitro benzene ring substituents is 1. The summed E-state index contributed by atoms with van der Waals surface area (Å²) in [5.41, 5.74) is 2.45. The minimum atomic E-state index is -0.741. The maximum atomic E-state index is 12.6. The maximum absolute atomic E-state index is 12.6. The van der Waals surface area contributed by atoms with Gasteiger partial charge in [-0.05, 0) is 44.9 Å². The molecule has 1 unspecified atom stereocenters. The Labute approximate surface area is 174 Å². The average Bonchev–Trinajstić information content (AvgIpc) is 3.34. The minimum Gasteiger partial charge on any atom is -0.454 e. The molecule has 1 aromatic carbocycles. The summed E-state index contributed by atoms with van der Waals surface area (Å²) >= 11 is 0. The number of ether oxygens (including phenoxy) is 2. The molecule has 30 heavy (non-hydrogen) atoms. The molecule has 158 valence electrons. The van der Waals surface area contributed by atoms with Crippen LogP contribution in [0.15, 0.2) is 36.4 Å². The molecule has 1 aliphatic rings. The molecular weight excluding hydrogens is 388 g/mol. The van der Waals surface area contributed by atoms with E-state index in [0.29, 0.717) is 12.1 Å². The molecule has 1 saturated heterocycles. The van der Waals surface area contributed by atoms with E-state index in [1.165, 1.54) is 18.2 Å². The number of carbonyl (C=O) groups is 2. The van der Waals surface area contributed by atoms with Crippen LogP contribution >= 0.6 is 0 Å². The van der Waals surface area contributed by atoms with Crippen molar-refractivity contribution in [2.75, 3.05) is 13.2 Å². The molecule has 0 saturated carbocycles. The molecule has 0 amide bonds. The molecule has 1 aliphatic heterocycles. The van der Waals surface area contributed by atoms with Gasteiger partial charge in [-0.15, -0.1) is 0 Å². The standard InChI is InChI=1S/C22H24N2O6/c1-15-12-19(16(2)23(15)13-18-7-5-11-29-18)21(25)14-30-22(26)10-9-17-6-3-4-8-20(17)24(27)28/h3-4,6,8-10,12,18H,5,7,11,13-14H2,1-2H3. The zero-order valence-corrected chi connectivity index (χ0v) is 17.0. The van der Waals surface area contributed by atoms with Gasteiger partial charge in [0, 0.05) is 42.2 Å². The van der Waals surface area contributed by atoms with E-state index in [-0.39, 0.29) is 23.1 Å². The van der Waals surface area contributed by atoms with E-state index in [1.54, 1.807) is 18.2 Å². The van der Waals surface area contributed by atoms with Crippen LogP contribution in [0.4, 0.5) is 5.69 Å². The summed E-state index contributed by atoms with van der Waals surface area (Å²) in [6.45, 7) is 4.87. The van der Waals surface area contributed by atoms with E-state index in [4.69, 9.17) is 9.47 Å². The average molecular weight is 412 g/mol. The molecule has 1 atom stereocenters. The highest BCUT2D eigenvalue weighted by molar-refractivity contribution is 6.00. The number of Topliss-reactive ketones (excluding diaryl/α,β-unsaturated/α-hetero) is 1. The van der Waals surface area contributed by atoms with Gasteiger partial charge in [0.2, 0.25) is 5.78 Å². The smallest absolute Gasteiger partial charge is 0.331 e. The molecule has 0 aliphatic carbocycles. The largest absolute Gasteiger partial charge is 0.454 e. The number of nitro groups is 1. The van der Waals surface area contributed by atoms with Crippen molar-refractivity contribution in [3.63, 3.8) is 0 Å². The second-order valence-corrected chi connectivity index (χ2v) is 7.21. The lowest BCUT2D eigenvalue weighted by Crippen LogP contribution is -2.18. The lowest BCUT2D eigenvalue weighted by molar-refractivity contribution is -0.385. The summed E-state index contributed by atoms with van der Waals surface area (Å²) in [6.07, 6.45) is 4.59. The van der Waals surface area contributed by atoms with Crippen LogP contribution in [0.3, 0.4) is 0 Å². The number of nitrogens with zero attached hydrogens (tertiary/aromatic N) is 2. The first-order valence-electron chi connectivity index (χ1n) is 9.76. The first-order chi connectivity index (χ1) is 14.4. The summed E-state index contributed by atoms with van der Waals surface area (Å²) in [7, 11) is 0. The van der Waals surface area contributed by atoms with Crippen molar-refractivity contribution in [1.29, 1.82) is 0 Å². The molecule has 0 spiro atoms. The number of carbonyl (C=O) groups excluding carboxylic acids is 2. The molecule has 2 aromatic rings. The van der Waals surface area contributed by atoms with Gasteiger partial charge in [0.05, 0.1) is 16.6 Å². The topological polar surface area (TPSA) is 101 Å². The van der Waals surface area contributed by atoms with Crippen molar-refractivity contribution in [1.82, 2.24) is 4.57 Å². The quantitative estimate of drug-likeness (QED) is 0.216. The third-order valence-electron chi connectivity index (χ3n) is 5.16. The molecule has 0 bridgehead atoms. The number of aromatic nitrogens is 1. The number of benzene rings is 1. The van der Waals surface area contributed by atoms with Gasteiger partial charge in [0.1, 0.15) is 0 Å². The molecule has 8 heteroatoms. The molecule has 1 fully saturated rings. The van der Waals surface area contributed by atoms with Crippen molar-refractivity contribution >= 4 is 23.5 Å². The summed E-state index contributed by atoms with van der Waals surface area (Å²) in [6, 6.07) is 7.84. The summed E-state index contributed by atoms with van der Waals surface area (Å²) in [4.78, 5) is 35.0. The number of esters is 1. The van der Waals surface area contributed by atoms with Crippen molar-refractivity contribution in [2.24, 2.45) is 0 Å².